The van der Waals surface area contributed by atoms with Crippen LogP contribution in [-0.4, -0.2) is 39.4 Å². The van der Waals surface area contributed by atoms with E-state index < -0.39 is 0 Å². The Morgan fingerprint density at radius 3 is 2.79 bits per heavy atom. The van der Waals surface area contributed by atoms with E-state index >= 15 is 0 Å². The Morgan fingerprint density at radius 2 is 2.03 bits per heavy atom. The van der Waals surface area contributed by atoms with Crippen LogP contribution in [0.5, 0.6) is 5.75 Å². The molecule has 0 saturated carbocycles. The minimum absolute atomic E-state index is 0.0470. The van der Waals surface area contributed by atoms with Crippen LogP contribution in [0.4, 0.5) is 0 Å². The Morgan fingerprint density at radius 1 is 1.15 bits per heavy atom. The van der Waals surface area contributed by atoms with Crippen molar-refractivity contribution in [3.8, 4) is 16.3 Å². The molecule has 1 fully saturated rings. The van der Waals surface area contributed by atoms with E-state index in [1.165, 1.54) is 0 Å². The van der Waals surface area contributed by atoms with E-state index in [1.54, 1.807) is 30.8 Å². The number of aromatic nitrogens is 3. The van der Waals surface area contributed by atoms with Crippen LogP contribution in [0.25, 0.3) is 10.6 Å². The number of aryl methyl sites for hydroxylation is 1. The normalized spacial score (nSPS) is 15.9. The van der Waals surface area contributed by atoms with Gasteiger partial charge < -0.3 is 14.1 Å². The summed E-state index contributed by atoms with van der Waals surface area (Å²) in [6.45, 7) is 2.63. The van der Waals surface area contributed by atoms with E-state index in [9.17, 15) is 4.79 Å². The van der Waals surface area contributed by atoms with Gasteiger partial charge in [-0.1, -0.05) is 18.2 Å². The number of rotatable bonds is 6. The summed E-state index contributed by atoms with van der Waals surface area (Å²) in [6, 6.07) is 11.4. The number of hydrogen-bond acceptors (Lipinski definition) is 7. The Balaban J connectivity index is 1.34. The molecule has 4 heterocycles. The molecule has 0 radical (unpaired) electrons. The number of amides is 1. The van der Waals surface area contributed by atoms with Crippen LogP contribution in [0.3, 0.4) is 0 Å². The number of methoxy groups -OCH3 is 1. The largest absolute Gasteiger partial charge is 0.496 e. The van der Waals surface area contributed by atoms with Crippen LogP contribution in [0.1, 0.15) is 58.6 Å². The van der Waals surface area contributed by atoms with Crippen molar-refractivity contribution < 1.29 is 13.9 Å². The first-order valence-corrected chi connectivity index (χ1v) is 12.3. The van der Waals surface area contributed by atoms with E-state index in [-0.39, 0.29) is 11.9 Å². The van der Waals surface area contributed by atoms with Crippen molar-refractivity contribution in [2.75, 3.05) is 13.7 Å². The van der Waals surface area contributed by atoms with Crippen molar-refractivity contribution >= 4 is 17.2 Å². The average molecular weight is 475 g/mol. The quantitative estimate of drug-likeness (QED) is 0.369. The maximum atomic E-state index is 13.4. The minimum atomic E-state index is -0.184. The molecule has 7 nitrogen and oxygen atoms in total. The van der Waals surface area contributed by atoms with Crippen LogP contribution in [0.15, 0.2) is 58.7 Å². The Kier molecular flexibility index (Phi) is 6.40. The van der Waals surface area contributed by atoms with Gasteiger partial charge in [-0.15, -0.1) is 11.3 Å². The highest BCUT2D eigenvalue weighted by molar-refractivity contribution is 7.13. The molecule has 5 rings (SSSR count). The molecule has 1 saturated heterocycles. The highest BCUT2D eigenvalue weighted by Gasteiger charge is 2.32. The predicted octanol–water partition coefficient (Wildman–Crippen LogP) is 5.47. The molecule has 1 aliphatic heterocycles. The molecule has 1 atom stereocenters. The SMILES string of the molecule is COc1ccccc1Cc1cnc(C2CCCCN2C(=O)c2ccc(-c3scnc3C)nc2)o1. The zero-order valence-corrected chi connectivity index (χ0v) is 20.0. The van der Waals surface area contributed by atoms with Gasteiger partial charge in [-0.2, -0.15) is 0 Å². The Labute approximate surface area is 202 Å². The van der Waals surface area contributed by atoms with Crippen LogP contribution in [-0.2, 0) is 6.42 Å². The second kappa shape index (κ2) is 9.77. The highest BCUT2D eigenvalue weighted by atomic mass is 32.1. The number of nitrogens with zero attached hydrogens (tertiary/aromatic N) is 4. The van der Waals surface area contributed by atoms with Gasteiger partial charge in [0.25, 0.3) is 5.91 Å². The van der Waals surface area contributed by atoms with Crippen molar-refractivity contribution in [3.05, 3.63) is 82.8 Å². The van der Waals surface area contributed by atoms with Gasteiger partial charge in [0.05, 0.1) is 40.6 Å². The lowest BCUT2D eigenvalue weighted by molar-refractivity contribution is 0.0569. The zero-order chi connectivity index (χ0) is 23.5. The summed E-state index contributed by atoms with van der Waals surface area (Å²) < 4.78 is 11.6. The second-order valence-electron chi connectivity index (χ2n) is 8.36. The molecule has 1 aromatic carbocycles. The van der Waals surface area contributed by atoms with Gasteiger partial charge >= 0.3 is 0 Å². The minimum Gasteiger partial charge on any atom is -0.496 e. The van der Waals surface area contributed by atoms with Crippen LogP contribution >= 0.6 is 11.3 Å². The van der Waals surface area contributed by atoms with Crippen LogP contribution in [0, 0.1) is 6.92 Å². The molecule has 1 amide bonds. The predicted molar refractivity (Wildman–Crippen MR) is 130 cm³/mol. The van der Waals surface area contributed by atoms with Crippen molar-refractivity contribution in [3.63, 3.8) is 0 Å². The summed E-state index contributed by atoms with van der Waals surface area (Å²) in [5.41, 5.74) is 5.19. The molecule has 1 unspecified atom stereocenters. The number of para-hydroxylation sites is 1. The fourth-order valence-electron chi connectivity index (χ4n) is 4.39. The first-order chi connectivity index (χ1) is 16.6. The number of benzene rings is 1. The van der Waals surface area contributed by atoms with Crippen LogP contribution < -0.4 is 4.74 Å². The van der Waals surface area contributed by atoms with Crippen molar-refractivity contribution in [2.24, 2.45) is 0 Å². The summed E-state index contributed by atoms with van der Waals surface area (Å²) in [7, 11) is 1.66. The molecule has 4 aromatic rings. The van der Waals surface area contributed by atoms with E-state index in [2.05, 4.69) is 15.0 Å². The summed E-state index contributed by atoms with van der Waals surface area (Å²) in [4.78, 5) is 29.7. The van der Waals surface area contributed by atoms with Crippen LogP contribution in [0.2, 0.25) is 0 Å². The van der Waals surface area contributed by atoms with Crippen molar-refractivity contribution in [1.29, 1.82) is 0 Å². The zero-order valence-electron chi connectivity index (χ0n) is 19.2. The number of likely N-dealkylation sites (tertiary alicyclic amines) is 1. The molecular formula is C26H26N4O3S. The highest BCUT2D eigenvalue weighted by Crippen LogP contribution is 2.33. The third kappa shape index (κ3) is 4.46. The van der Waals surface area contributed by atoms with Crippen molar-refractivity contribution in [1.82, 2.24) is 19.9 Å². The molecule has 34 heavy (non-hydrogen) atoms. The summed E-state index contributed by atoms with van der Waals surface area (Å²) in [6.07, 6.45) is 6.81. The first-order valence-electron chi connectivity index (χ1n) is 11.4. The smallest absolute Gasteiger partial charge is 0.256 e. The molecule has 1 aliphatic rings. The van der Waals surface area contributed by atoms with E-state index in [1.807, 2.05) is 53.7 Å². The third-order valence-corrected chi connectivity index (χ3v) is 7.12. The Hall–Kier alpha value is -3.52. The standard InChI is InChI=1S/C26H26N4O3S/c1-17-24(34-16-29-17)21-11-10-19(14-27-21)26(31)30-12-6-5-8-22(30)25-28-15-20(33-25)13-18-7-3-4-9-23(18)32-2/h3-4,7,9-11,14-16,22H,5-6,8,12-13H2,1-2H3. The lowest BCUT2D eigenvalue weighted by Gasteiger charge is -2.33. The number of carbonyl (C=O) groups is 1. The monoisotopic (exact) mass is 474 g/mol. The number of oxazole rings is 1. The molecule has 0 aliphatic carbocycles. The fourth-order valence-corrected chi connectivity index (χ4v) is 5.18. The third-order valence-electron chi connectivity index (χ3n) is 6.17. The van der Waals surface area contributed by atoms with Gasteiger partial charge in [0.1, 0.15) is 17.6 Å². The number of hydrogen-bond donors (Lipinski definition) is 0. The van der Waals surface area contributed by atoms with E-state index in [0.717, 1.165) is 52.6 Å². The summed E-state index contributed by atoms with van der Waals surface area (Å²) >= 11 is 1.55. The van der Waals surface area contributed by atoms with E-state index in [0.29, 0.717) is 24.4 Å². The van der Waals surface area contributed by atoms with Gasteiger partial charge in [0, 0.05) is 24.7 Å². The summed E-state index contributed by atoms with van der Waals surface area (Å²) in [5.74, 6) is 2.11. The number of thiazole rings is 1. The van der Waals surface area contributed by atoms with Gasteiger partial charge in [0.2, 0.25) is 5.89 Å². The molecule has 8 heteroatoms. The topological polar surface area (TPSA) is 81.4 Å². The van der Waals surface area contributed by atoms with Gasteiger partial charge in [0.15, 0.2) is 0 Å². The maximum absolute atomic E-state index is 13.4. The molecule has 0 N–H and O–H groups in total. The van der Waals surface area contributed by atoms with Gasteiger partial charge in [-0.3, -0.25) is 9.78 Å². The molecule has 0 bridgehead atoms. The van der Waals surface area contributed by atoms with Gasteiger partial charge in [-0.05, 0) is 44.4 Å². The fraction of sp³-hybridized carbons (Fsp3) is 0.308. The maximum Gasteiger partial charge on any atom is 0.256 e. The lowest BCUT2D eigenvalue weighted by Crippen LogP contribution is -2.38. The molecule has 3 aromatic heterocycles. The number of ether oxygens (including phenoxy) is 1. The number of pyridine rings is 1. The number of piperidine rings is 1. The number of carbonyl (C=O) groups excluding carboxylic acids is 1. The average Bonchev–Trinajstić information content (AvgIpc) is 3.53. The van der Waals surface area contributed by atoms with Crippen molar-refractivity contribution in [2.45, 2.75) is 38.6 Å². The first kappa shape index (κ1) is 22.3. The summed E-state index contributed by atoms with van der Waals surface area (Å²) in [5, 5.41) is 0. The molecular weight excluding hydrogens is 448 g/mol. The van der Waals surface area contributed by atoms with Gasteiger partial charge in [-0.25, -0.2) is 9.97 Å². The van der Waals surface area contributed by atoms with E-state index in [4.69, 9.17) is 9.15 Å². The molecule has 0 spiro atoms. The molecule has 174 valence electrons. The lowest BCUT2D eigenvalue weighted by atomic mass is 10.0. The second-order valence-corrected chi connectivity index (χ2v) is 9.22. The Bertz CT molecular complexity index is 1280.